The zero-order chi connectivity index (χ0) is 27.1. The van der Waals surface area contributed by atoms with Gasteiger partial charge in [0.25, 0.3) is 0 Å². The van der Waals surface area contributed by atoms with Crippen molar-refractivity contribution in [1.82, 2.24) is 9.55 Å². The average Bonchev–Trinajstić information content (AvgIpc) is 3.07. The second kappa shape index (κ2) is 13.4. The molecule has 0 radical (unpaired) electrons. The quantitative estimate of drug-likeness (QED) is 0.0968. The Bertz CT molecular complexity index is 1120. The summed E-state index contributed by atoms with van der Waals surface area (Å²) < 4.78 is 51.9. The van der Waals surface area contributed by atoms with Crippen LogP contribution in [0.4, 0.5) is 5.82 Å². The zero-order valence-corrected chi connectivity index (χ0v) is 22.7. The van der Waals surface area contributed by atoms with Gasteiger partial charge in [-0.15, -0.1) is 0 Å². The molecule has 2 heterocycles. The number of rotatable bonds is 14. The lowest BCUT2D eigenvalue weighted by Crippen LogP contribution is -2.29. The predicted molar refractivity (Wildman–Crippen MR) is 127 cm³/mol. The van der Waals surface area contributed by atoms with E-state index in [4.69, 9.17) is 19.4 Å². The maximum absolute atomic E-state index is 12.4. The zero-order valence-electron chi connectivity index (χ0n) is 18.4. The minimum atomic E-state index is -5.69. The third-order valence-corrected chi connectivity index (χ3v) is 9.88. The topological polar surface area (TPSA) is 253 Å². The molecule has 0 spiro atoms. The summed E-state index contributed by atoms with van der Waals surface area (Å²) in [5, 5.41) is 12.6. The smallest absolute Gasteiger partial charge is 0.390 e. The van der Waals surface area contributed by atoms with E-state index < -0.39 is 54.2 Å². The number of hydrogen-bond donors (Lipinski definition) is 6. The van der Waals surface area contributed by atoms with E-state index >= 15 is 0 Å². The van der Waals surface area contributed by atoms with Gasteiger partial charge >= 0.3 is 29.2 Å². The lowest BCUT2D eigenvalue weighted by atomic mass is 10.2. The van der Waals surface area contributed by atoms with Gasteiger partial charge < -0.3 is 34.7 Å². The Morgan fingerprint density at radius 2 is 1.94 bits per heavy atom. The predicted octanol–water partition coefficient (Wildman–Crippen LogP) is 0.965. The highest BCUT2D eigenvalue weighted by atomic mass is 33.1. The lowest BCUT2D eigenvalue weighted by Gasteiger charge is -2.19. The Balaban J connectivity index is 1.93. The van der Waals surface area contributed by atoms with Crippen molar-refractivity contribution in [3.05, 3.63) is 22.7 Å². The number of phosphoric acid groups is 3. The van der Waals surface area contributed by atoms with E-state index in [1.54, 1.807) is 21.6 Å². The van der Waals surface area contributed by atoms with Crippen LogP contribution < -0.4 is 11.0 Å². The van der Waals surface area contributed by atoms with Crippen molar-refractivity contribution in [2.75, 3.05) is 23.9 Å². The summed E-state index contributed by atoms with van der Waals surface area (Å²) >= 11 is 0. The summed E-state index contributed by atoms with van der Waals surface area (Å²) in [4.78, 5) is 63.7. The highest BCUT2D eigenvalue weighted by molar-refractivity contribution is 8.76. The number of aliphatic hydroxyl groups is 1. The summed E-state index contributed by atoms with van der Waals surface area (Å²) in [7, 11) is -13.4. The summed E-state index contributed by atoms with van der Waals surface area (Å²) in [5.74, 6) is 0.482. The minimum absolute atomic E-state index is 0.0153. The van der Waals surface area contributed by atoms with Gasteiger partial charge in [-0.05, 0) is 18.7 Å². The molecule has 6 N–H and O–H groups in total. The van der Waals surface area contributed by atoms with Crippen molar-refractivity contribution in [3.63, 3.8) is 0 Å². The molecule has 0 saturated carbocycles. The van der Waals surface area contributed by atoms with Gasteiger partial charge in [-0.2, -0.15) is 13.6 Å². The van der Waals surface area contributed by atoms with Gasteiger partial charge in [-0.25, -0.2) is 18.5 Å². The van der Waals surface area contributed by atoms with E-state index in [9.17, 15) is 33.3 Å². The first-order valence-electron chi connectivity index (χ1n) is 9.77. The molecule has 206 valence electrons. The van der Waals surface area contributed by atoms with Crippen LogP contribution in [0.1, 0.15) is 25.5 Å². The number of aliphatic hydroxyl groups excluding tert-OH is 1. The SMILES string of the molecule is CSSCCCC(=O)Nc1ccn([C@H]2CC(O)[C@@H](COP(=O)(O)OP(=O)(O)OP(=O)(O)O)O2)c(=O)n1. The Kier molecular flexibility index (Phi) is 11.8. The Morgan fingerprint density at radius 3 is 2.56 bits per heavy atom. The van der Waals surface area contributed by atoms with Crippen molar-refractivity contribution in [2.45, 2.75) is 37.7 Å². The highest BCUT2D eigenvalue weighted by Crippen LogP contribution is 2.66. The van der Waals surface area contributed by atoms with Gasteiger partial charge in [-0.1, -0.05) is 21.6 Å². The standard InChI is InChI=1S/C14H24N3O14P3S2/c1-35-36-6-2-3-12(19)15-11-4-5-17(14(20)16-11)13-7-9(18)10(29-13)8-28-33(24,25)31-34(26,27)30-32(21,22)23/h4-5,9-10,13,18H,2-3,6-8H2,1H3,(H,24,25)(H,26,27)(H2,21,22,23)(H,15,16,19,20)/t9?,10-,13-/m1/s1. The number of hydrogen-bond acceptors (Lipinski definition) is 13. The Morgan fingerprint density at radius 1 is 1.25 bits per heavy atom. The molecule has 0 aromatic carbocycles. The molecule has 1 aromatic rings. The van der Waals surface area contributed by atoms with Crippen LogP contribution in [-0.4, -0.2) is 71.0 Å². The molecule has 0 bridgehead atoms. The minimum Gasteiger partial charge on any atom is -0.390 e. The molecule has 22 heteroatoms. The third-order valence-electron chi connectivity index (χ3n) is 4.18. The van der Waals surface area contributed by atoms with Gasteiger partial charge in [0, 0.05) is 24.8 Å². The van der Waals surface area contributed by atoms with Crippen molar-refractivity contribution in [2.24, 2.45) is 0 Å². The number of phosphoric ester groups is 1. The van der Waals surface area contributed by atoms with Gasteiger partial charge in [0.1, 0.15) is 18.1 Å². The van der Waals surface area contributed by atoms with E-state index in [0.717, 1.165) is 10.3 Å². The number of nitrogens with zero attached hydrogens (tertiary/aromatic N) is 2. The van der Waals surface area contributed by atoms with Crippen LogP contribution >= 0.6 is 45.1 Å². The van der Waals surface area contributed by atoms with Gasteiger partial charge in [0.05, 0.1) is 12.7 Å². The second-order valence-corrected chi connectivity index (χ2v) is 14.1. The molecule has 1 aliphatic rings. The van der Waals surface area contributed by atoms with Gasteiger partial charge in [-0.3, -0.25) is 13.9 Å². The maximum atomic E-state index is 12.4. The molecule has 1 aliphatic heterocycles. The van der Waals surface area contributed by atoms with Crippen LogP contribution in [0.3, 0.4) is 0 Å². The van der Waals surface area contributed by atoms with Gasteiger partial charge in [0.2, 0.25) is 5.91 Å². The number of anilines is 1. The monoisotopic (exact) mass is 615 g/mol. The lowest BCUT2D eigenvalue weighted by molar-refractivity contribution is -0.116. The first-order valence-corrected chi connectivity index (χ1v) is 17.0. The van der Waals surface area contributed by atoms with E-state index in [1.807, 2.05) is 6.26 Å². The van der Waals surface area contributed by atoms with Crippen molar-refractivity contribution < 1.29 is 61.1 Å². The van der Waals surface area contributed by atoms with E-state index in [0.29, 0.717) is 6.42 Å². The van der Waals surface area contributed by atoms with Crippen LogP contribution in [0.15, 0.2) is 17.1 Å². The Labute approximate surface area is 211 Å². The largest absolute Gasteiger partial charge is 0.490 e. The first-order chi connectivity index (χ1) is 16.6. The Hall–Kier alpha value is -0.620. The highest BCUT2D eigenvalue weighted by Gasteiger charge is 2.43. The number of carbonyl (C=O) groups excluding carboxylic acids is 1. The first kappa shape index (κ1) is 31.6. The van der Waals surface area contributed by atoms with Gasteiger partial charge in [0.15, 0.2) is 0 Å². The fraction of sp³-hybridized carbons (Fsp3) is 0.643. The third kappa shape index (κ3) is 11.0. The number of ether oxygens (including phenoxy) is 1. The van der Waals surface area contributed by atoms with Crippen LogP contribution in [0, 0.1) is 0 Å². The van der Waals surface area contributed by atoms with Crippen LogP contribution in [0.2, 0.25) is 0 Å². The molecule has 5 atom stereocenters. The molecule has 36 heavy (non-hydrogen) atoms. The van der Waals surface area contributed by atoms with Crippen molar-refractivity contribution in [3.8, 4) is 0 Å². The number of amides is 1. The summed E-state index contributed by atoms with van der Waals surface area (Å²) in [5.41, 5.74) is -0.823. The van der Waals surface area contributed by atoms with Crippen molar-refractivity contribution in [1.29, 1.82) is 0 Å². The van der Waals surface area contributed by atoms with E-state index in [-0.39, 0.29) is 24.6 Å². The van der Waals surface area contributed by atoms with E-state index in [1.165, 1.54) is 12.3 Å². The fourth-order valence-corrected chi connectivity index (χ4v) is 7.10. The van der Waals surface area contributed by atoms with E-state index in [2.05, 4.69) is 23.4 Å². The number of carbonyl (C=O) groups is 1. The van der Waals surface area contributed by atoms with Crippen LogP contribution in [-0.2, 0) is 36.4 Å². The molecule has 1 aromatic heterocycles. The molecular formula is C14H24N3O14P3S2. The maximum Gasteiger partial charge on any atom is 0.490 e. The van der Waals surface area contributed by atoms with Crippen molar-refractivity contribution >= 4 is 56.8 Å². The molecule has 17 nitrogen and oxygen atoms in total. The molecule has 1 amide bonds. The van der Waals surface area contributed by atoms with Crippen LogP contribution in [0.25, 0.3) is 0 Å². The molecule has 3 unspecified atom stereocenters. The molecule has 1 saturated heterocycles. The molecule has 1 fully saturated rings. The molecular weight excluding hydrogens is 591 g/mol. The van der Waals surface area contributed by atoms with Crippen LogP contribution in [0.5, 0.6) is 0 Å². The number of aromatic nitrogens is 2. The normalized spacial score (nSPS) is 23.7. The second-order valence-electron chi connectivity index (χ2n) is 6.96. The average molecular weight is 615 g/mol. The number of nitrogens with one attached hydrogen (secondary N) is 1. The molecule has 2 rings (SSSR count). The summed E-state index contributed by atoms with van der Waals surface area (Å²) in [6, 6.07) is 1.34. The summed E-state index contributed by atoms with van der Waals surface area (Å²) in [6.07, 6.45) is 0.176. The summed E-state index contributed by atoms with van der Waals surface area (Å²) in [6.45, 7) is -0.882. The fourth-order valence-electron chi connectivity index (χ4n) is 2.79. The molecule has 0 aliphatic carbocycles.